The summed E-state index contributed by atoms with van der Waals surface area (Å²) >= 11 is 1.42. The first-order chi connectivity index (χ1) is 13.0. The van der Waals surface area contributed by atoms with Gasteiger partial charge in [-0.2, -0.15) is 5.26 Å². The summed E-state index contributed by atoms with van der Waals surface area (Å²) < 4.78 is 5.93. The summed E-state index contributed by atoms with van der Waals surface area (Å²) in [5.41, 5.74) is 1.75. The predicted molar refractivity (Wildman–Crippen MR) is 104 cm³/mol. The van der Waals surface area contributed by atoms with Gasteiger partial charge in [0.25, 0.3) is 5.91 Å². The molecule has 2 atom stereocenters. The third kappa shape index (κ3) is 3.61. The van der Waals surface area contributed by atoms with Gasteiger partial charge in [-0.1, -0.05) is 6.92 Å². The van der Waals surface area contributed by atoms with E-state index in [2.05, 4.69) is 18.0 Å². The van der Waals surface area contributed by atoms with Gasteiger partial charge in [-0.3, -0.25) is 4.79 Å². The predicted octanol–water partition coefficient (Wildman–Crippen LogP) is 4.54. The third-order valence-corrected chi connectivity index (χ3v) is 6.12. The minimum absolute atomic E-state index is 0.163. The fourth-order valence-electron chi connectivity index (χ4n) is 3.46. The van der Waals surface area contributed by atoms with Crippen LogP contribution in [0.3, 0.4) is 0 Å². The molecule has 4 rings (SSSR count). The maximum atomic E-state index is 13.1. The number of thioether (sulfide) groups is 1. The minimum Gasteiger partial charge on any atom is -0.464 e. The van der Waals surface area contributed by atoms with Crippen molar-refractivity contribution in [1.29, 1.82) is 5.26 Å². The summed E-state index contributed by atoms with van der Waals surface area (Å²) in [6.07, 6.45) is 5.27. The average Bonchev–Trinajstić information content (AvgIpc) is 3.59. The monoisotopic (exact) mass is 381 g/mol. The highest BCUT2D eigenvalue weighted by molar-refractivity contribution is 7.98. The van der Waals surface area contributed by atoms with E-state index in [1.807, 2.05) is 24.5 Å². The Hall–Kier alpha value is -2.26. The van der Waals surface area contributed by atoms with Gasteiger partial charge in [-0.25, -0.2) is 4.98 Å². The second kappa shape index (κ2) is 7.05. The molecule has 0 N–H and O–H groups in total. The fourth-order valence-corrected chi connectivity index (χ4v) is 4.02. The van der Waals surface area contributed by atoms with Crippen molar-refractivity contribution in [3.63, 3.8) is 0 Å². The lowest BCUT2D eigenvalue weighted by Gasteiger charge is -2.18. The second-order valence-electron chi connectivity index (χ2n) is 7.65. The zero-order valence-corrected chi connectivity index (χ0v) is 16.7. The van der Waals surface area contributed by atoms with Crippen LogP contribution in [0.4, 0.5) is 0 Å². The summed E-state index contributed by atoms with van der Waals surface area (Å²) in [7, 11) is 1.75. The van der Waals surface area contributed by atoms with Crippen molar-refractivity contribution in [2.24, 2.45) is 5.92 Å². The molecule has 5 nitrogen and oxygen atoms in total. The van der Waals surface area contributed by atoms with Crippen LogP contribution in [0.1, 0.15) is 71.2 Å². The van der Waals surface area contributed by atoms with Crippen LogP contribution in [0, 0.1) is 17.2 Å². The highest BCUT2D eigenvalue weighted by Crippen LogP contribution is 2.47. The molecule has 0 bridgehead atoms. The van der Waals surface area contributed by atoms with E-state index in [0.717, 1.165) is 30.1 Å². The number of pyridine rings is 1. The maximum absolute atomic E-state index is 13.1. The van der Waals surface area contributed by atoms with Gasteiger partial charge in [0.15, 0.2) is 0 Å². The molecule has 0 aromatic carbocycles. The molecule has 0 unspecified atom stereocenters. The number of aromatic nitrogens is 1. The average molecular weight is 382 g/mol. The van der Waals surface area contributed by atoms with E-state index < -0.39 is 0 Å². The number of carbonyl (C=O) groups excluding carboxylic acids is 1. The van der Waals surface area contributed by atoms with Crippen molar-refractivity contribution < 1.29 is 9.21 Å². The summed E-state index contributed by atoms with van der Waals surface area (Å²) in [6, 6.07) is 7.96. The van der Waals surface area contributed by atoms with E-state index in [0.29, 0.717) is 40.5 Å². The molecule has 2 heterocycles. The number of rotatable bonds is 6. The molecule has 1 amide bonds. The number of hydrogen-bond donors (Lipinski definition) is 0. The summed E-state index contributed by atoms with van der Waals surface area (Å²) in [5, 5.41) is 10.2. The van der Waals surface area contributed by atoms with Crippen LogP contribution in [0.2, 0.25) is 0 Å². The van der Waals surface area contributed by atoms with E-state index in [-0.39, 0.29) is 5.91 Å². The van der Waals surface area contributed by atoms with Crippen LogP contribution in [0.25, 0.3) is 0 Å². The molecule has 2 fully saturated rings. The molecule has 0 spiro atoms. The zero-order valence-electron chi connectivity index (χ0n) is 15.9. The summed E-state index contributed by atoms with van der Waals surface area (Å²) in [6.45, 7) is 2.61. The van der Waals surface area contributed by atoms with Gasteiger partial charge in [-0.05, 0) is 49.6 Å². The molecule has 27 heavy (non-hydrogen) atoms. The molecule has 0 aliphatic heterocycles. The highest BCUT2D eigenvalue weighted by atomic mass is 32.2. The topological polar surface area (TPSA) is 70.1 Å². The number of nitrogens with zero attached hydrogens (tertiary/aromatic N) is 3. The number of nitriles is 1. The van der Waals surface area contributed by atoms with Gasteiger partial charge in [-0.15, -0.1) is 11.8 Å². The van der Waals surface area contributed by atoms with Crippen molar-refractivity contribution in [1.82, 2.24) is 9.88 Å². The fraction of sp³-hybridized carbons (Fsp3) is 0.476. The van der Waals surface area contributed by atoms with Crippen molar-refractivity contribution in [2.75, 3.05) is 13.3 Å². The Morgan fingerprint density at radius 3 is 2.78 bits per heavy atom. The Labute approximate surface area is 163 Å². The Morgan fingerprint density at radius 2 is 2.19 bits per heavy atom. The quantitative estimate of drug-likeness (QED) is 0.687. The molecule has 0 radical (unpaired) electrons. The molecular formula is C21H23N3O2S. The smallest absolute Gasteiger partial charge is 0.255 e. The first kappa shape index (κ1) is 18.1. The van der Waals surface area contributed by atoms with Crippen LogP contribution in [0.5, 0.6) is 0 Å². The Morgan fingerprint density at radius 1 is 1.44 bits per heavy atom. The largest absolute Gasteiger partial charge is 0.464 e. The van der Waals surface area contributed by atoms with Crippen molar-refractivity contribution in [3.05, 3.63) is 46.5 Å². The summed E-state index contributed by atoms with van der Waals surface area (Å²) in [4.78, 5) is 19.3. The lowest BCUT2D eigenvalue weighted by molar-refractivity contribution is 0.0774. The maximum Gasteiger partial charge on any atom is 0.255 e. The third-order valence-electron chi connectivity index (χ3n) is 5.43. The van der Waals surface area contributed by atoms with Crippen LogP contribution in [-0.4, -0.2) is 29.1 Å². The highest BCUT2D eigenvalue weighted by Gasteiger charge is 2.36. The van der Waals surface area contributed by atoms with E-state index in [1.165, 1.54) is 18.2 Å². The Kier molecular flexibility index (Phi) is 4.73. The second-order valence-corrected chi connectivity index (χ2v) is 8.44. The molecule has 2 aliphatic rings. The van der Waals surface area contributed by atoms with Crippen LogP contribution >= 0.6 is 11.8 Å². The Balaban J connectivity index is 1.56. The number of carbonyl (C=O) groups is 1. The number of furan rings is 1. The van der Waals surface area contributed by atoms with Crippen molar-refractivity contribution in [3.8, 4) is 6.07 Å². The van der Waals surface area contributed by atoms with Gasteiger partial charge < -0.3 is 9.32 Å². The lowest BCUT2D eigenvalue weighted by Crippen LogP contribution is -2.27. The van der Waals surface area contributed by atoms with Gasteiger partial charge in [0.1, 0.15) is 22.6 Å². The normalized spacial score (nSPS) is 21.0. The van der Waals surface area contributed by atoms with Crippen molar-refractivity contribution in [2.45, 2.75) is 49.6 Å². The zero-order chi connectivity index (χ0) is 19.1. The van der Waals surface area contributed by atoms with E-state index in [4.69, 9.17) is 4.42 Å². The molecule has 0 saturated heterocycles. The molecule has 2 aliphatic carbocycles. The van der Waals surface area contributed by atoms with E-state index >= 15 is 0 Å². The molecule has 2 aromatic rings. The first-order valence-electron chi connectivity index (χ1n) is 9.35. The van der Waals surface area contributed by atoms with Gasteiger partial charge >= 0.3 is 0 Å². The van der Waals surface area contributed by atoms with Gasteiger partial charge in [0.05, 0.1) is 17.7 Å². The standard InChI is InChI=1S/C21H23N3O2S/c1-12-8-15(12)19-7-6-14(26-19)11-24(2)21(25)16-9-18(13-4-5-13)23-20(27-3)17(16)10-22/h6-7,9,12-13,15H,4-5,8,11H2,1-3H3/t12-,15+/m1/s1. The minimum atomic E-state index is -0.163. The summed E-state index contributed by atoms with van der Waals surface area (Å²) in [5.74, 6) is 3.26. The Bertz CT molecular complexity index is 926. The number of hydrogen-bond acceptors (Lipinski definition) is 5. The van der Waals surface area contributed by atoms with Gasteiger partial charge in [0, 0.05) is 24.6 Å². The van der Waals surface area contributed by atoms with Crippen molar-refractivity contribution >= 4 is 17.7 Å². The SMILES string of the molecule is CSc1nc(C2CC2)cc(C(=O)N(C)Cc2ccc([C@H]3C[C@H]3C)o2)c1C#N. The molecule has 6 heteroatoms. The first-order valence-corrected chi connectivity index (χ1v) is 10.6. The van der Waals surface area contributed by atoms with Crippen LogP contribution in [-0.2, 0) is 6.54 Å². The van der Waals surface area contributed by atoms with Gasteiger partial charge in [0.2, 0.25) is 0 Å². The molecule has 140 valence electrons. The number of amides is 1. The molecule has 2 saturated carbocycles. The van der Waals surface area contributed by atoms with E-state index in [9.17, 15) is 10.1 Å². The lowest BCUT2D eigenvalue weighted by atomic mass is 10.1. The van der Waals surface area contributed by atoms with Crippen LogP contribution in [0.15, 0.2) is 27.6 Å². The van der Waals surface area contributed by atoms with E-state index in [1.54, 1.807) is 11.9 Å². The molecule has 2 aromatic heterocycles. The molecular weight excluding hydrogens is 358 g/mol. The van der Waals surface area contributed by atoms with Crippen LogP contribution < -0.4 is 0 Å².